The number of anilines is 1. The van der Waals surface area contributed by atoms with Gasteiger partial charge in [-0.2, -0.15) is 0 Å². The van der Waals surface area contributed by atoms with Crippen molar-refractivity contribution in [2.45, 2.75) is 58.9 Å². The molecule has 0 bridgehead atoms. The number of carbonyl (C=O) groups excluding carboxylic acids is 2. The summed E-state index contributed by atoms with van der Waals surface area (Å²) in [5, 5.41) is 3.18. The van der Waals surface area contributed by atoms with Crippen LogP contribution >= 0.6 is 0 Å². The Morgan fingerprint density at radius 1 is 1.21 bits per heavy atom. The van der Waals surface area contributed by atoms with Gasteiger partial charge in [-0.3, -0.25) is 9.59 Å². The topological polar surface area (TPSA) is 52.7 Å². The number of amides is 2. The zero-order valence-electron chi connectivity index (χ0n) is 17.9. The number of likely N-dealkylation sites (tertiary alicyclic amines) is 1. The summed E-state index contributed by atoms with van der Waals surface area (Å²) >= 11 is 0. The fourth-order valence-electron chi connectivity index (χ4n) is 4.38. The van der Waals surface area contributed by atoms with E-state index in [2.05, 4.69) is 5.32 Å². The van der Waals surface area contributed by atoms with E-state index >= 15 is 0 Å². The standard InChI is InChI=1S/C23H34FN3O2/c1-4-17(3)23(29)27-12-5-7-18(14-27)22(28)25-19-8-6-11-26(15-19)21-13-16(2)9-10-20(21)24/h9-10,13,17-19H,4-8,11-12,14-15H2,1-3H3,(H,25,28). The smallest absolute Gasteiger partial charge is 0.225 e. The highest BCUT2D eigenvalue weighted by molar-refractivity contribution is 5.82. The van der Waals surface area contributed by atoms with Crippen molar-refractivity contribution in [2.75, 3.05) is 31.1 Å². The second-order valence-corrected chi connectivity index (χ2v) is 8.68. The number of halogens is 1. The number of nitrogens with zero attached hydrogens (tertiary/aromatic N) is 2. The van der Waals surface area contributed by atoms with Crippen LogP contribution in [0.5, 0.6) is 0 Å². The highest BCUT2D eigenvalue weighted by atomic mass is 19.1. The van der Waals surface area contributed by atoms with Crippen molar-refractivity contribution in [1.29, 1.82) is 0 Å². The van der Waals surface area contributed by atoms with E-state index in [0.717, 1.165) is 50.8 Å². The van der Waals surface area contributed by atoms with E-state index in [1.54, 1.807) is 6.07 Å². The zero-order chi connectivity index (χ0) is 21.0. The Kier molecular flexibility index (Phi) is 7.14. The van der Waals surface area contributed by atoms with Crippen LogP contribution < -0.4 is 10.2 Å². The monoisotopic (exact) mass is 403 g/mol. The zero-order valence-corrected chi connectivity index (χ0v) is 17.9. The van der Waals surface area contributed by atoms with Gasteiger partial charge in [-0.25, -0.2) is 4.39 Å². The molecule has 1 aromatic rings. The van der Waals surface area contributed by atoms with Crippen molar-refractivity contribution in [2.24, 2.45) is 11.8 Å². The summed E-state index contributed by atoms with van der Waals surface area (Å²) < 4.78 is 14.3. The van der Waals surface area contributed by atoms with Crippen molar-refractivity contribution in [1.82, 2.24) is 10.2 Å². The normalized spacial score (nSPS) is 23.6. The first-order chi connectivity index (χ1) is 13.9. The Morgan fingerprint density at radius 2 is 1.97 bits per heavy atom. The fraction of sp³-hybridized carbons (Fsp3) is 0.652. The molecule has 1 aromatic carbocycles. The van der Waals surface area contributed by atoms with E-state index in [-0.39, 0.29) is 35.5 Å². The maximum atomic E-state index is 14.3. The van der Waals surface area contributed by atoms with E-state index in [0.29, 0.717) is 18.8 Å². The number of aryl methyl sites for hydroxylation is 1. The molecule has 2 aliphatic rings. The molecule has 2 amide bonds. The SMILES string of the molecule is CCC(C)C(=O)N1CCCC(C(=O)NC2CCCN(c3cc(C)ccc3F)C2)C1. The summed E-state index contributed by atoms with van der Waals surface area (Å²) in [5.41, 5.74) is 1.65. The summed E-state index contributed by atoms with van der Waals surface area (Å²) in [6.45, 7) is 8.60. The van der Waals surface area contributed by atoms with Gasteiger partial charge in [0.2, 0.25) is 11.8 Å². The third-order valence-electron chi connectivity index (χ3n) is 6.35. The van der Waals surface area contributed by atoms with Crippen LogP contribution in [0.2, 0.25) is 0 Å². The van der Waals surface area contributed by atoms with Crippen LogP contribution in [-0.2, 0) is 9.59 Å². The minimum absolute atomic E-state index is 0.00735. The van der Waals surface area contributed by atoms with E-state index < -0.39 is 0 Å². The molecule has 6 heteroatoms. The summed E-state index contributed by atoms with van der Waals surface area (Å²) in [4.78, 5) is 29.3. The van der Waals surface area contributed by atoms with E-state index in [9.17, 15) is 14.0 Å². The maximum Gasteiger partial charge on any atom is 0.225 e. The van der Waals surface area contributed by atoms with Crippen LogP contribution in [0.15, 0.2) is 18.2 Å². The molecule has 0 aliphatic carbocycles. The molecule has 2 aliphatic heterocycles. The first-order valence-electron chi connectivity index (χ1n) is 11.0. The lowest BCUT2D eigenvalue weighted by Gasteiger charge is -2.37. The Labute approximate surface area is 173 Å². The van der Waals surface area contributed by atoms with Crippen molar-refractivity contribution >= 4 is 17.5 Å². The first-order valence-corrected chi connectivity index (χ1v) is 11.0. The molecule has 3 unspecified atom stereocenters. The van der Waals surface area contributed by atoms with Gasteiger partial charge in [-0.15, -0.1) is 0 Å². The van der Waals surface area contributed by atoms with Gasteiger partial charge in [0.25, 0.3) is 0 Å². The Hall–Kier alpha value is -2.11. The summed E-state index contributed by atoms with van der Waals surface area (Å²) in [6.07, 6.45) is 4.32. The second-order valence-electron chi connectivity index (χ2n) is 8.68. The summed E-state index contributed by atoms with van der Waals surface area (Å²) in [6, 6.07) is 5.17. The van der Waals surface area contributed by atoms with Crippen molar-refractivity contribution < 1.29 is 14.0 Å². The van der Waals surface area contributed by atoms with Gasteiger partial charge in [-0.1, -0.05) is 19.9 Å². The van der Waals surface area contributed by atoms with Gasteiger partial charge in [0.05, 0.1) is 11.6 Å². The van der Waals surface area contributed by atoms with Crippen LogP contribution in [0.25, 0.3) is 0 Å². The van der Waals surface area contributed by atoms with Crippen molar-refractivity contribution in [3.8, 4) is 0 Å². The number of hydrogen-bond donors (Lipinski definition) is 1. The maximum absolute atomic E-state index is 14.3. The van der Waals surface area contributed by atoms with Crippen LogP contribution in [0.1, 0.15) is 51.5 Å². The summed E-state index contributed by atoms with van der Waals surface area (Å²) in [5.74, 6) is -0.170. The van der Waals surface area contributed by atoms with Crippen LogP contribution in [-0.4, -0.2) is 48.9 Å². The molecule has 2 fully saturated rings. The van der Waals surface area contributed by atoms with E-state index in [1.807, 2.05) is 36.6 Å². The minimum Gasteiger partial charge on any atom is -0.367 e. The van der Waals surface area contributed by atoms with Gasteiger partial charge in [0, 0.05) is 38.1 Å². The largest absolute Gasteiger partial charge is 0.367 e. The molecule has 3 rings (SSSR count). The molecule has 0 spiro atoms. The first kappa shape index (κ1) is 21.6. The molecule has 160 valence electrons. The molecule has 0 radical (unpaired) electrons. The highest BCUT2D eigenvalue weighted by Gasteiger charge is 2.32. The molecule has 0 aromatic heterocycles. The Balaban J connectivity index is 1.58. The lowest BCUT2D eigenvalue weighted by molar-refractivity contribution is -0.139. The number of piperidine rings is 2. The predicted octanol–water partition coefficient (Wildman–Crippen LogP) is 3.50. The van der Waals surface area contributed by atoms with Gasteiger partial charge >= 0.3 is 0 Å². The highest BCUT2D eigenvalue weighted by Crippen LogP contribution is 2.25. The predicted molar refractivity (Wildman–Crippen MR) is 113 cm³/mol. The lowest BCUT2D eigenvalue weighted by atomic mass is 9.94. The molecule has 3 atom stereocenters. The number of benzene rings is 1. The minimum atomic E-state index is -0.214. The average molecular weight is 404 g/mol. The molecular weight excluding hydrogens is 369 g/mol. The lowest BCUT2D eigenvalue weighted by Crippen LogP contribution is -2.52. The van der Waals surface area contributed by atoms with Crippen molar-refractivity contribution in [3.05, 3.63) is 29.6 Å². The third-order valence-corrected chi connectivity index (χ3v) is 6.35. The molecule has 0 saturated carbocycles. The number of carbonyl (C=O) groups is 2. The molecule has 1 N–H and O–H groups in total. The summed E-state index contributed by atoms with van der Waals surface area (Å²) in [7, 11) is 0. The number of rotatable bonds is 5. The van der Waals surface area contributed by atoms with Gasteiger partial charge in [0.15, 0.2) is 0 Å². The van der Waals surface area contributed by atoms with Crippen LogP contribution in [0, 0.1) is 24.6 Å². The average Bonchev–Trinajstić information content (AvgIpc) is 2.74. The molecular formula is C23H34FN3O2. The van der Waals surface area contributed by atoms with E-state index in [1.165, 1.54) is 6.07 Å². The second kappa shape index (κ2) is 9.59. The van der Waals surface area contributed by atoms with Gasteiger partial charge in [-0.05, 0) is 56.7 Å². The van der Waals surface area contributed by atoms with Crippen molar-refractivity contribution in [3.63, 3.8) is 0 Å². The molecule has 2 heterocycles. The number of hydrogen-bond acceptors (Lipinski definition) is 3. The van der Waals surface area contributed by atoms with Gasteiger partial charge in [0.1, 0.15) is 5.82 Å². The quantitative estimate of drug-likeness (QED) is 0.819. The molecule has 2 saturated heterocycles. The Bertz CT molecular complexity index is 739. The van der Waals surface area contributed by atoms with E-state index in [4.69, 9.17) is 0 Å². The molecule has 29 heavy (non-hydrogen) atoms. The van der Waals surface area contributed by atoms with Crippen LogP contribution in [0.3, 0.4) is 0 Å². The van der Waals surface area contributed by atoms with Crippen LogP contribution in [0.4, 0.5) is 10.1 Å². The molecule has 5 nitrogen and oxygen atoms in total. The third kappa shape index (κ3) is 5.28. The van der Waals surface area contributed by atoms with Gasteiger partial charge < -0.3 is 15.1 Å². The Morgan fingerprint density at radius 3 is 2.72 bits per heavy atom. The number of nitrogens with one attached hydrogen (secondary N) is 1. The fourth-order valence-corrected chi connectivity index (χ4v) is 4.38.